The third-order valence-corrected chi connectivity index (χ3v) is 6.09. The Bertz CT molecular complexity index is 1290. The van der Waals surface area contributed by atoms with Gasteiger partial charge in [0.25, 0.3) is 10.0 Å². The third kappa shape index (κ3) is 5.98. The van der Waals surface area contributed by atoms with Gasteiger partial charge in [-0.25, -0.2) is 8.42 Å². The minimum atomic E-state index is -4.53. The fourth-order valence-corrected chi connectivity index (χ4v) is 4.22. The molecule has 2 N–H and O–H groups in total. The van der Waals surface area contributed by atoms with Gasteiger partial charge in [0.1, 0.15) is 11.5 Å². The van der Waals surface area contributed by atoms with Crippen LogP contribution >= 0.6 is 0 Å². The van der Waals surface area contributed by atoms with Gasteiger partial charge in [0, 0.05) is 0 Å². The number of hydrogen-bond donors (Lipinski definition) is 2. The van der Waals surface area contributed by atoms with Gasteiger partial charge in [0.15, 0.2) is 0 Å². The maximum Gasteiger partial charge on any atom is 0.416 e. The SMILES string of the molecule is COc1ccc(S(=O)(=O)Nc2ccccc2OC)cc1NC(=O)Cc1cccc(C(F)(F)F)c1. The summed E-state index contributed by atoms with van der Waals surface area (Å²) in [7, 11) is -1.34. The molecule has 1 amide bonds. The van der Waals surface area contributed by atoms with Crippen molar-refractivity contribution in [3.63, 3.8) is 0 Å². The van der Waals surface area contributed by atoms with E-state index in [0.717, 1.165) is 12.1 Å². The van der Waals surface area contributed by atoms with Crippen molar-refractivity contribution in [1.82, 2.24) is 0 Å². The lowest BCUT2D eigenvalue weighted by Crippen LogP contribution is -2.17. The first kappa shape index (κ1) is 24.9. The summed E-state index contributed by atoms with van der Waals surface area (Å²) in [4.78, 5) is 12.3. The number of carbonyl (C=O) groups excluding carboxylic acids is 1. The zero-order chi connectivity index (χ0) is 24.9. The summed E-state index contributed by atoms with van der Waals surface area (Å²) in [5.74, 6) is -0.160. The van der Waals surface area contributed by atoms with Crippen molar-refractivity contribution in [1.29, 1.82) is 0 Å². The second-order valence-corrected chi connectivity index (χ2v) is 8.77. The third-order valence-electron chi connectivity index (χ3n) is 4.73. The Morgan fingerprint density at radius 3 is 2.24 bits per heavy atom. The average molecular weight is 494 g/mol. The fraction of sp³-hybridized carbons (Fsp3) is 0.174. The summed E-state index contributed by atoms with van der Waals surface area (Å²) in [6.45, 7) is 0. The summed E-state index contributed by atoms with van der Waals surface area (Å²) in [5, 5.41) is 2.50. The van der Waals surface area contributed by atoms with Crippen molar-refractivity contribution in [3.05, 3.63) is 77.9 Å². The number of sulfonamides is 1. The molecule has 0 aromatic heterocycles. The highest BCUT2D eigenvalue weighted by Crippen LogP contribution is 2.32. The van der Waals surface area contributed by atoms with Crippen LogP contribution in [0.1, 0.15) is 11.1 Å². The summed E-state index contributed by atoms with van der Waals surface area (Å²) in [6, 6.07) is 14.7. The first-order chi connectivity index (χ1) is 16.0. The van der Waals surface area contributed by atoms with Crippen molar-refractivity contribution in [2.45, 2.75) is 17.5 Å². The van der Waals surface area contributed by atoms with E-state index in [1.807, 2.05) is 0 Å². The molecule has 0 bridgehead atoms. The molecule has 3 aromatic rings. The summed E-state index contributed by atoms with van der Waals surface area (Å²) < 4.78 is 77.3. The van der Waals surface area contributed by atoms with Crippen molar-refractivity contribution < 1.29 is 35.9 Å². The van der Waals surface area contributed by atoms with E-state index >= 15 is 0 Å². The van der Waals surface area contributed by atoms with Crippen LogP contribution < -0.4 is 19.5 Å². The van der Waals surface area contributed by atoms with Crippen LogP contribution in [-0.4, -0.2) is 28.5 Å². The number of benzene rings is 3. The van der Waals surface area contributed by atoms with Gasteiger partial charge in [0.05, 0.1) is 42.5 Å². The van der Waals surface area contributed by atoms with Crippen LogP contribution in [0.25, 0.3) is 0 Å². The Morgan fingerprint density at radius 2 is 1.56 bits per heavy atom. The molecule has 0 unspecified atom stereocenters. The quantitative estimate of drug-likeness (QED) is 0.473. The predicted molar refractivity (Wildman–Crippen MR) is 121 cm³/mol. The van der Waals surface area contributed by atoms with Crippen molar-refractivity contribution >= 4 is 27.3 Å². The number of ether oxygens (including phenoxy) is 2. The van der Waals surface area contributed by atoms with Crippen molar-refractivity contribution in [3.8, 4) is 11.5 Å². The molecule has 0 atom stereocenters. The van der Waals surface area contributed by atoms with E-state index in [9.17, 15) is 26.4 Å². The number of methoxy groups -OCH3 is 2. The number of amides is 1. The Labute approximate surface area is 194 Å². The number of hydrogen-bond acceptors (Lipinski definition) is 5. The van der Waals surface area contributed by atoms with Gasteiger partial charge in [0.2, 0.25) is 5.91 Å². The number of halogens is 3. The molecule has 0 spiro atoms. The number of rotatable bonds is 8. The van der Waals surface area contributed by atoms with Crippen LogP contribution in [0.4, 0.5) is 24.5 Å². The molecule has 0 radical (unpaired) electrons. The minimum absolute atomic E-state index is 0.0439. The standard InChI is InChI=1S/C23H21F3N2O5S/c1-32-20-9-4-3-8-18(20)28-34(30,31)17-10-11-21(33-2)19(14-17)27-22(29)13-15-6-5-7-16(12-15)23(24,25)26/h3-12,14,28H,13H2,1-2H3,(H,27,29). The van der Waals surface area contributed by atoms with Gasteiger partial charge in [-0.15, -0.1) is 0 Å². The van der Waals surface area contributed by atoms with Gasteiger partial charge in [-0.05, 0) is 42.0 Å². The molecule has 34 heavy (non-hydrogen) atoms. The molecule has 0 aliphatic carbocycles. The Balaban J connectivity index is 1.83. The lowest BCUT2D eigenvalue weighted by atomic mass is 10.1. The average Bonchev–Trinajstić information content (AvgIpc) is 2.78. The first-order valence-corrected chi connectivity index (χ1v) is 11.3. The monoisotopic (exact) mass is 494 g/mol. The fourth-order valence-electron chi connectivity index (χ4n) is 3.12. The van der Waals surface area contributed by atoms with Gasteiger partial charge in [-0.2, -0.15) is 13.2 Å². The smallest absolute Gasteiger partial charge is 0.416 e. The van der Waals surface area contributed by atoms with Crippen molar-refractivity contribution in [2.75, 3.05) is 24.3 Å². The molecule has 0 aliphatic heterocycles. The van der Waals surface area contributed by atoms with Crippen molar-refractivity contribution in [2.24, 2.45) is 0 Å². The first-order valence-electron chi connectivity index (χ1n) is 9.83. The van der Waals surface area contributed by atoms with E-state index in [1.54, 1.807) is 18.2 Å². The van der Waals surface area contributed by atoms with Crippen LogP contribution in [0.2, 0.25) is 0 Å². The topological polar surface area (TPSA) is 93.7 Å². The molecule has 0 aliphatic rings. The maximum absolute atomic E-state index is 12.9. The molecular weight excluding hydrogens is 473 g/mol. The second-order valence-electron chi connectivity index (χ2n) is 7.09. The van der Waals surface area contributed by atoms with Crippen LogP contribution in [0.3, 0.4) is 0 Å². The van der Waals surface area contributed by atoms with E-state index in [-0.39, 0.29) is 34.0 Å². The number of alkyl halides is 3. The van der Waals surface area contributed by atoms with E-state index in [0.29, 0.717) is 5.75 Å². The molecule has 0 fully saturated rings. The second kappa shape index (κ2) is 10.0. The molecule has 0 heterocycles. The summed E-state index contributed by atoms with van der Waals surface area (Å²) in [5.41, 5.74) is -0.461. The van der Waals surface area contributed by atoms with Gasteiger partial charge in [-0.3, -0.25) is 9.52 Å². The molecule has 11 heteroatoms. The van der Waals surface area contributed by atoms with E-state index in [1.165, 1.54) is 50.6 Å². The Kier molecular flexibility index (Phi) is 7.35. The highest BCUT2D eigenvalue weighted by molar-refractivity contribution is 7.92. The highest BCUT2D eigenvalue weighted by atomic mass is 32.2. The van der Waals surface area contributed by atoms with E-state index in [4.69, 9.17) is 9.47 Å². The van der Waals surface area contributed by atoms with E-state index < -0.39 is 27.7 Å². The van der Waals surface area contributed by atoms with Gasteiger partial charge < -0.3 is 14.8 Å². The molecule has 7 nitrogen and oxygen atoms in total. The van der Waals surface area contributed by atoms with Gasteiger partial charge >= 0.3 is 6.18 Å². The lowest BCUT2D eigenvalue weighted by molar-refractivity contribution is -0.137. The normalized spacial score (nSPS) is 11.6. The van der Waals surface area contributed by atoms with Crippen LogP contribution in [0, 0.1) is 0 Å². The molecule has 3 aromatic carbocycles. The predicted octanol–water partition coefficient (Wildman–Crippen LogP) is 4.70. The molecule has 0 saturated carbocycles. The minimum Gasteiger partial charge on any atom is -0.495 e. The summed E-state index contributed by atoms with van der Waals surface area (Å²) in [6.07, 6.45) is -4.89. The molecular formula is C23H21F3N2O5S. The number of carbonyl (C=O) groups is 1. The van der Waals surface area contributed by atoms with Crippen LogP contribution in [0.5, 0.6) is 11.5 Å². The number of para-hydroxylation sites is 2. The molecule has 0 saturated heterocycles. The highest BCUT2D eigenvalue weighted by Gasteiger charge is 2.30. The lowest BCUT2D eigenvalue weighted by Gasteiger charge is -2.15. The number of anilines is 2. The zero-order valence-corrected chi connectivity index (χ0v) is 19.0. The largest absolute Gasteiger partial charge is 0.495 e. The van der Waals surface area contributed by atoms with Crippen LogP contribution in [0.15, 0.2) is 71.6 Å². The Morgan fingerprint density at radius 1 is 0.882 bits per heavy atom. The summed E-state index contributed by atoms with van der Waals surface area (Å²) >= 11 is 0. The molecule has 180 valence electrons. The van der Waals surface area contributed by atoms with E-state index in [2.05, 4.69) is 10.0 Å². The number of nitrogens with one attached hydrogen (secondary N) is 2. The molecule has 3 rings (SSSR count). The van der Waals surface area contributed by atoms with Gasteiger partial charge in [-0.1, -0.05) is 30.3 Å². The maximum atomic E-state index is 12.9. The Hall–Kier alpha value is -3.73. The zero-order valence-electron chi connectivity index (χ0n) is 18.1. The van der Waals surface area contributed by atoms with Crippen LogP contribution in [-0.2, 0) is 27.4 Å².